The molecule has 0 bridgehead atoms. The van der Waals surface area contributed by atoms with Crippen molar-refractivity contribution in [2.24, 2.45) is 0 Å². The number of para-hydroxylation sites is 2. The average molecular weight is 281 g/mol. The van der Waals surface area contributed by atoms with Crippen LogP contribution < -0.4 is 10.1 Å². The van der Waals surface area contributed by atoms with Crippen LogP contribution in [-0.4, -0.2) is 22.1 Å². The molecule has 21 heavy (non-hydrogen) atoms. The lowest BCUT2D eigenvalue weighted by Gasteiger charge is -2.10. The van der Waals surface area contributed by atoms with Crippen LogP contribution in [0.5, 0.6) is 5.75 Å². The molecule has 106 valence electrons. The van der Waals surface area contributed by atoms with Crippen molar-refractivity contribution >= 4 is 17.1 Å². The Morgan fingerprint density at radius 3 is 2.86 bits per heavy atom. The van der Waals surface area contributed by atoms with Gasteiger partial charge in [0.05, 0.1) is 17.8 Å². The van der Waals surface area contributed by atoms with Crippen molar-refractivity contribution < 1.29 is 9.53 Å². The van der Waals surface area contributed by atoms with Crippen LogP contribution in [0, 0.1) is 0 Å². The number of aromatic nitrogens is 2. The first-order chi connectivity index (χ1) is 10.3. The SMILES string of the molecule is CCOc1ccccc1NC(=O)c1cc2ccccn2n1. The zero-order chi connectivity index (χ0) is 14.7. The van der Waals surface area contributed by atoms with Gasteiger partial charge in [-0.05, 0) is 37.3 Å². The monoisotopic (exact) mass is 281 g/mol. The Labute approximate surface area is 122 Å². The van der Waals surface area contributed by atoms with Crippen molar-refractivity contribution in [3.8, 4) is 5.75 Å². The zero-order valence-corrected chi connectivity index (χ0v) is 11.6. The summed E-state index contributed by atoms with van der Waals surface area (Å²) in [4.78, 5) is 12.3. The highest BCUT2D eigenvalue weighted by Crippen LogP contribution is 2.24. The Morgan fingerprint density at radius 2 is 2.05 bits per heavy atom. The summed E-state index contributed by atoms with van der Waals surface area (Å²) in [6, 6.07) is 14.8. The fourth-order valence-corrected chi connectivity index (χ4v) is 2.09. The van der Waals surface area contributed by atoms with E-state index in [2.05, 4.69) is 10.4 Å². The number of hydrogen-bond acceptors (Lipinski definition) is 3. The highest BCUT2D eigenvalue weighted by molar-refractivity contribution is 6.04. The van der Waals surface area contributed by atoms with Crippen LogP contribution >= 0.6 is 0 Å². The van der Waals surface area contributed by atoms with Gasteiger partial charge in [0.15, 0.2) is 5.69 Å². The lowest BCUT2D eigenvalue weighted by molar-refractivity contribution is 0.102. The molecule has 0 unspecified atom stereocenters. The first-order valence-corrected chi connectivity index (χ1v) is 6.75. The minimum absolute atomic E-state index is 0.258. The smallest absolute Gasteiger partial charge is 0.276 e. The molecule has 1 aromatic carbocycles. The third-order valence-electron chi connectivity index (χ3n) is 3.04. The summed E-state index contributed by atoms with van der Waals surface area (Å²) in [6.07, 6.45) is 1.81. The molecular formula is C16H15N3O2. The van der Waals surface area contributed by atoms with Gasteiger partial charge in [-0.3, -0.25) is 4.79 Å². The third kappa shape index (κ3) is 2.72. The van der Waals surface area contributed by atoms with Crippen molar-refractivity contribution in [1.82, 2.24) is 9.61 Å². The second-order valence-corrected chi connectivity index (χ2v) is 4.48. The first kappa shape index (κ1) is 13.2. The van der Waals surface area contributed by atoms with Crippen LogP contribution in [0.25, 0.3) is 5.52 Å². The zero-order valence-electron chi connectivity index (χ0n) is 11.6. The summed E-state index contributed by atoms with van der Waals surface area (Å²) >= 11 is 0. The minimum Gasteiger partial charge on any atom is -0.492 e. The van der Waals surface area contributed by atoms with Crippen LogP contribution in [0.2, 0.25) is 0 Å². The van der Waals surface area contributed by atoms with Crippen LogP contribution in [0.15, 0.2) is 54.7 Å². The van der Waals surface area contributed by atoms with E-state index >= 15 is 0 Å². The van der Waals surface area contributed by atoms with E-state index in [4.69, 9.17) is 4.74 Å². The van der Waals surface area contributed by atoms with Crippen molar-refractivity contribution in [1.29, 1.82) is 0 Å². The van der Waals surface area contributed by atoms with E-state index in [1.807, 2.05) is 43.3 Å². The molecule has 0 saturated heterocycles. The van der Waals surface area contributed by atoms with Gasteiger partial charge in [-0.2, -0.15) is 5.10 Å². The molecule has 3 aromatic rings. The molecule has 5 heteroatoms. The molecule has 1 amide bonds. The van der Waals surface area contributed by atoms with Crippen LogP contribution in [0.4, 0.5) is 5.69 Å². The molecule has 2 heterocycles. The van der Waals surface area contributed by atoms with E-state index in [9.17, 15) is 4.79 Å². The molecule has 3 rings (SSSR count). The Bertz CT molecular complexity index is 747. The van der Waals surface area contributed by atoms with E-state index in [1.165, 1.54) is 0 Å². The van der Waals surface area contributed by atoms with Gasteiger partial charge >= 0.3 is 0 Å². The maximum atomic E-state index is 12.3. The van der Waals surface area contributed by atoms with E-state index in [0.29, 0.717) is 23.7 Å². The highest BCUT2D eigenvalue weighted by atomic mass is 16.5. The normalized spacial score (nSPS) is 10.5. The predicted octanol–water partition coefficient (Wildman–Crippen LogP) is 2.99. The fraction of sp³-hybridized carbons (Fsp3) is 0.125. The lowest BCUT2D eigenvalue weighted by atomic mass is 10.2. The number of anilines is 1. The summed E-state index contributed by atoms with van der Waals surface area (Å²) in [5.74, 6) is 0.392. The number of nitrogens with one attached hydrogen (secondary N) is 1. The number of carbonyl (C=O) groups excluding carboxylic acids is 1. The molecule has 0 spiro atoms. The van der Waals surface area contributed by atoms with Crippen molar-refractivity contribution in [3.63, 3.8) is 0 Å². The number of rotatable bonds is 4. The second-order valence-electron chi connectivity index (χ2n) is 4.48. The quantitative estimate of drug-likeness (QED) is 0.800. The Morgan fingerprint density at radius 1 is 1.24 bits per heavy atom. The van der Waals surface area contributed by atoms with Gasteiger partial charge in [-0.15, -0.1) is 0 Å². The number of benzene rings is 1. The summed E-state index contributed by atoms with van der Waals surface area (Å²) in [7, 11) is 0. The maximum absolute atomic E-state index is 12.3. The largest absolute Gasteiger partial charge is 0.492 e. The number of nitrogens with zero attached hydrogens (tertiary/aromatic N) is 2. The van der Waals surface area contributed by atoms with Gasteiger partial charge in [-0.25, -0.2) is 4.52 Å². The Hall–Kier alpha value is -2.82. The topological polar surface area (TPSA) is 55.6 Å². The van der Waals surface area contributed by atoms with Crippen LogP contribution in [0.3, 0.4) is 0 Å². The number of ether oxygens (including phenoxy) is 1. The molecule has 2 aromatic heterocycles. The number of amides is 1. The molecule has 0 fully saturated rings. The second kappa shape index (κ2) is 5.66. The van der Waals surface area contributed by atoms with E-state index in [0.717, 1.165) is 5.52 Å². The predicted molar refractivity (Wildman–Crippen MR) is 80.8 cm³/mol. The molecule has 0 aliphatic rings. The maximum Gasteiger partial charge on any atom is 0.276 e. The molecular weight excluding hydrogens is 266 g/mol. The van der Waals surface area contributed by atoms with Gasteiger partial charge in [0.2, 0.25) is 0 Å². The average Bonchev–Trinajstić information content (AvgIpc) is 2.93. The first-order valence-electron chi connectivity index (χ1n) is 6.75. The molecule has 0 radical (unpaired) electrons. The van der Waals surface area contributed by atoms with Gasteiger partial charge < -0.3 is 10.1 Å². The summed E-state index contributed by atoms with van der Waals surface area (Å²) in [5.41, 5.74) is 1.88. The van der Waals surface area contributed by atoms with Gasteiger partial charge in [-0.1, -0.05) is 18.2 Å². The lowest BCUT2D eigenvalue weighted by Crippen LogP contribution is -2.13. The molecule has 5 nitrogen and oxygen atoms in total. The third-order valence-corrected chi connectivity index (χ3v) is 3.04. The Kier molecular flexibility index (Phi) is 3.55. The van der Waals surface area contributed by atoms with Crippen molar-refractivity contribution in [2.75, 3.05) is 11.9 Å². The van der Waals surface area contributed by atoms with Crippen LogP contribution in [-0.2, 0) is 0 Å². The molecule has 0 saturated carbocycles. The molecule has 0 aliphatic heterocycles. The van der Waals surface area contributed by atoms with Gasteiger partial charge in [0.25, 0.3) is 5.91 Å². The standard InChI is InChI=1S/C16H15N3O2/c1-2-21-15-9-4-3-8-13(15)17-16(20)14-11-12-7-5-6-10-19(12)18-14/h3-11H,2H2,1H3,(H,17,20). The van der Waals surface area contributed by atoms with E-state index in [-0.39, 0.29) is 5.91 Å². The minimum atomic E-state index is -0.258. The summed E-state index contributed by atoms with van der Waals surface area (Å²) in [5, 5.41) is 7.08. The number of pyridine rings is 1. The van der Waals surface area contributed by atoms with Gasteiger partial charge in [0.1, 0.15) is 5.75 Å². The number of fused-ring (bicyclic) bond motifs is 1. The number of hydrogen-bond donors (Lipinski definition) is 1. The summed E-state index contributed by atoms with van der Waals surface area (Å²) in [6.45, 7) is 2.45. The molecule has 0 atom stereocenters. The molecule has 1 N–H and O–H groups in total. The van der Waals surface area contributed by atoms with E-state index in [1.54, 1.807) is 22.8 Å². The van der Waals surface area contributed by atoms with Crippen molar-refractivity contribution in [3.05, 3.63) is 60.4 Å². The number of carbonyl (C=O) groups is 1. The van der Waals surface area contributed by atoms with Crippen molar-refractivity contribution in [2.45, 2.75) is 6.92 Å². The van der Waals surface area contributed by atoms with Gasteiger partial charge in [0, 0.05) is 6.20 Å². The Balaban J connectivity index is 1.86. The van der Waals surface area contributed by atoms with Crippen LogP contribution in [0.1, 0.15) is 17.4 Å². The van der Waals surface area contributed by atoms with E-state index < -0.39 is 0 Å². The highest BCUT2D eigenvalue weighted by Gasteiger charge is 2.13. The fourth-order valence-electron chi connectivity index (χ4n) is 2.09. The summed E-state index contributed by atoms with van der Waals surface area (Å²) < 4.78 is 7.16. The molecule has 0 aliphatic carbocycles.